The molecule has 3 heteroatoms. The minimum absolute atomic E-state index is 0.217. The van der Waals surface area contributed by atoms with Gasteiger partial charge in [-0.25, -0.2) is 4.79 Å². The average molecular weight is 240 g/mol. The number of rotatable bonds is 5. The van der Waals surface area contributed by atoms with Crippen LogP contribution in [0.25, 0.3) is 0 Å². The first-order chi connectivity index (χ1) is 8.16. The second kappa shape index (κ2) is 5.38. The Hall–Kier alpha value is -0.570. The number of carbonyl (C=O) groups is 1. The summed E-state index contributed by atoms with van der Waals surface area (Å²) in [4.78, 5) is 11.5. The minimum Gasteiger partial charge on any atom is -0.479 e. The van der Waals surface area contributed by atoms with Gasteiger partial charge in [0.2, 0.25) is 0 Å². The summed E-state index contributed by atoms with van der Waals surface area (Å²) >= 11 is 0. The third kappa shape index (κ3) is 2.82. The molecule has 0 unspecified atom stereocenters. The predicted molar refractivity (Wildman–Crippen MR) is 66.0 cm³/mol. The Balaban J connectivity index is 1.92. The average Bonchev–Trinajstić information content (AvgIpc) is 2.26. The molecular formula is C14H24O3. The molecule has 2 saturated carbocycles. The summed E-state index contributed by atoms with van der Waals surface area (Å²) in [6.07, 6.45) is 9.41. The quantitative estimate of drug-likeness (QED) is 0.801. The summed E-state index contributed by atoms with van der Waals surface area (Å²) in [5, 5.41) is 9.45. The van der Waals surface area contributed by atoms with Crippen molar-refractivity contribution in [1.82, 2.24) is 0 Å². The smallest absolute Gasteiger partial charge is 0.335 e. The van der Waals surface area contributed by atoms with Crippen molar-refractivity contribution in [2.45, 2.75) is 76.4 Å². The molecule has 0 aromatic carbocycles. The molecule has 0 radical (unpaired) electrons. The number of hydrogen-bond donors (Lipinski definition) is 1. The van der Waals surface area contributed by atoms with Gasteiger partial charge in [-0.1, -0.05) is 19.8 Å². The highest BCUT2D eigenvalue weighted by molar-refractivity contribution is 5.77. The Labute approximate surface area is 104 Å². The van der Waals surface area contributed by atoms with Crippen LogP contribution >= 0.6 is 0 Å². The summed E-state index contributed by atoms with van der Waals surface area (Å²) < 4.78 is 5.90. The van der Waals surface area contributed by atoms with Crippen LogP contribution in [0, 0.1) is 5.92 Å². The van der Waals surface area contributed by atoms with Gasteiger partial charge in [-0.05, 0) is 50.9 Å². The molecule has 1 N–H and O–H groups in total. The molecule has 2 aliphatic rings. The van der Waals surface area contributed by atoms with E-state index in [4.69, 9.17) is 4.74 Å². The zero-order valence-corrected chi connectivity index (χ0v) is 10.8. The Morgan fingerprint density at radius 3 is 2.35 bits per heavy atom. The van der Waals surface area contributed by atoms with Gasteiger partial charge < -0.3 is 9.84 Å². The van der Waals surface area contributed by atoms with Crippen LogP contribution in [0.2, 0.25) is 0 Å². The van der Waals surface area contributed by atoms with Gasteiger partial charge in [-0.15, -0.1) is 0 Å². The van der Waals surface area contributed by atoms with Crippen molar-refractivity contribution in [2.75, 3.05) is 0 Å². The van der Waals surface area contributed by atoms with E-state index >= 15 is 0 Å². The highest BCUT2D eigenvalue weighted by Gasteiger charge is 2.45. The number of carboxylic acids is 1. The summed E-state index contributed by atoms with van der Waals surface area (Å²) in [5.74, 6) is -0.0168. The first-order valence-electron chi connectivity index (χ1n) is 7.07. The second-order valence-corrected chi connectivity index (χ2v) is 5.70. The van der Waals surface area contributed by atoms with Crippen molar-refractivity contribution < 1.29 is 14.6 Å². The maximum absolute atomic E-state index is 11.5. The first kappa shape index (κ1) is 12.9. The Morgan fingerprint density at radius 1 is 1.29 bits per heavy atom. The maximum atomic E-state index is 11.5. The van der Waals surface area contributed by atoms with Gasteiger partial charge >= 0.3 is 5.97 Å². The normalized spacial score (nSPS) is 34.3. The molecule has 0 aliphatic heterocycles. The third-order valence-electron chi connectivity index (χ3n) is 4.44. The number of hydrogen-bond acceptors (Lipinski definition) is 2. The summed E-state index contributed by atoms with van der Waals surface area (Å²) in [6, 6.07) is 0. The van der Waals surface area contributed by atoms with Crippen molar-refractivity contribution in [3.8, 4) is 0 Å². The van der Waals surface area contributed by atoms with Crippen molar-refractivity contribution in [3.63, 3.8) is 0 Å². The van der Waals surface area contributed by atoms with Crippen LogP contribution in [0.3, 0.4) is 0 Å². The molecule has 2 fully saturated rings. The summed E-state index contributed by atoms with van der Waals surface area (Å²) in [7, 11) is 0. The van der Waals surface area contributed by atoms with E-state index < -0.39 is 11.6 Å². The number of ether oxygens (including phenoxy) is 1. The Bertz CT molecular complexity index is 263. The molecule has 2 aliphatic carbocycles. The molecular weight excluding hydrogens is 216 g/mol. The standard InChI is InChI=1S/C14H24O3/c1-2-4-11-7-9-14(10-8-11,13(15)16)17-12-5-3-6-12/h11-12H,2-10H2,1H3,(H,15,16). The number of aliphatic carboxylic acids is 1. The maximum Gasteiger partial charge on any atom is 0.335 e. The lowest BCUT2D eigenvalue weighted by Gasteiger charge is -2.41. The molecule has 0 amide bonds. The monoisotopic (exact) mass is 240 g/mol. The molecule has 3 nitrogen and oxygen atoms in total. The van der Waals surface area contributed by atoms with Crippen LogP contribution < -0.4 is 0 Å². The van der Waals surface area contributed by atoms with Gasteiger partial charge in [0.1, 0.15) is 0 Å². The van der Waals surface area contributed by atoms with Gasteiger partial charge in [-0.3, -0.25) is 0 Å². The van der Waals surface area contributed by atoms with E-state index in [2.05, 4.69) is 6.92 Å². The molecule has 2 rings (SSSR count). The second-order valence-electron chi connectivity index (χ2n) is 5.70. The van der Waals surface area contributed by atoms with Crippen LogP contribution in [0.1, 0.15) is 64.7 Å². The van der Waals surface area contributed by atoms with Crippen molar-refractivity contribution in [1.29, 1.82) is 0 Å². The highest BCUT2D eigenvalue weighted by atomic mass is 16.5. The molecule has 0 aromatic heterocycles. The van der Waals surface area contributed by atoms with E-state index in [1.807, 2.05) is 0 Å². The van der Waals surface area contributed by atoms with E-state index in [1.165, 1.54) is 19.3 Å². The van der Waals surface area contributed by atoms with Crippen LogP contribution in [0.4, 0.5) is 0 Å². The molecule has 0 saturated heterocycles. The molecule has 0 heterocycles. The lowest BCUT2D eigenvalue weighted by Crippen LogP contribution is -2.48. The van der Waals surface area contributed by atoms with Crippen molar-refractivity contribution in [3.05, 3.63) is 0 Å². The van der Waals surface area contributed by atoms with Crippen LogP contribution in [0.5, 0.6) is 0 Å². The van der Waals surface area contributed by atoms with Gasteiger partial charge in [0.25, 0.3) is 0 Å². The minimum atomic E-state index is -0.852. The SMILES string of the molecule is CCCC1CCC(OC2CCC2)(C(=O)O)CC1. The highest BCUT2D eigenvalue weighted by Crippen LogP contribution is 2.40. The Morgan fingerprint density at radius 2 is 1.94 bits per heavy atom. The van der Waals surface area contributed by atoms with E-state index in [0.29, 0.717) is 12.8 Å². The largest absolute Gasteiger partial charge is 0.479 e. The molecule has 0 atom stereocenters. The fraction of sp³-hybridized carbons (Fsp3) is 0.929. The Kier molecular flexibility index (Phi) is 4.08. The van der Waals surface area contributed by atoms with Crippen LogP contribution in [-0.4, -0.2) is 22.8 Å². The molecule has 0 spiro atoms. The lowest BCUT2D eigenvalue weighted by atomic mass is 9.76. The van der Waals surface area contributed by atoms with Crippen LogP contribution in [-0.2, 0) is 9.53 Å². The molecule has 98 valence electrons. The van der Waals surface area contributed by atoms with Crippen molar-refractivity contribution >= 4 is 5.97 Å². The van der Waals surface area contributed by atoms with E-state index in [1.54, 1.807) is 0 Å². The fourth-order valence-corrected chi connectivity index (χ4v) is 3.03. The van der Waals surface area contributed by atoms with E-state index in [-0.39, 0.29) is 6.10 Å². The molecule has 0 bridgehead atoms. The van der Waals surface area contributed by atoms with Gasteiger partial charge in [0, 0.05) is 0 Å². The predicted octanol–water partition coefficient (Wildman–Crippen LogP) is 3.37. The topological polar surface area (TPSA) is 46.5 Å². The molecule has 17 heavy (non-hydrogen) atoms. The number of carboxylic acid groups (broad SMARTS) is 1. The summed E-state index contributed by atoms with van der Waals surface area (Å²) in [6.45, 7) is 2.20. The van der Waals surface area contributed by atoms with E-state index in [0.717, 1.165) is 31.6 Å². The van der Waals surface area contributed by atoms with Gasteiger partial charge in [0.05, 0.1) is 6.10 Å². The molecule has 0 aromatic rings. The van der Waals surface area contributed by atoms with Crippen molar-refractivity contribution in [2.24, 2.45) is 5.92 Å². The third-order valence-corrected chi connectivity index (χ3v) is 4.44. The first-order valence-corrected chi connectivity index (χ1v) is 7.07. The van der Waals surface area contributed by atoms with Crippen LogP contribution in [0.15, 0.2) is 0 Å². The fourth-order valence-electron chi connectivity index (χ4n) is 3.03. The lowest BCUT2D eigenvalue weighted by molar-refractivity contribution is -0.188. The zero-order chi connectivity index (χ0) is 12.3. The van der Waals surface area contributed by atoms with Gasteiger partial charge in [0.15, 0.2) is 5.60 Å². The van der Waals surface area contributed by atoms with Gasteiger partial charge in [-0.2, -0.15) is 0 Å². The zero-order valence-electron chi connectivity index (χ0n) is 10.8. The van der Waals surface area contributed by atoms with E-state index in [9.17, 15) is 9.90 Å². The summed E-state index contributed by atoms with van der Waals surface area (Å²) in [5.41, 5.74) is -0.852.